The highest BCUT2D eigenvalue weighted by atomic mass is 35.5. The maximum atomic E-state index is 13.5. The van der Waals surface area contributed by atoms with Gasteiger partial charge in [0.05, 0.1) is 10.7 Å². The summed E-state index contributed by atoms with van der Waals surface area (Å²) in [7, 11) is -4.01. The summed E-state index contributed by atoms with van der Waals surface area (Å²) in [4.78, 5) is -0.0877. The average Bonchev–Trinajstić information content (AvgIpc) is 2.40. The molecule has 0 radical (unpaired) electrons. The van der Waals surface area contributed by atoms with Crippen LogP contribution in [0.1, 0.15) is 5.56 Å². The van der Waals surface area contributed by atoms with Gasteiger partial charge < -0.3 is 5.73 Å². The Morgan fingerprint density at radius 3 is 2.48 bits per heavy atom. The van der Waals surface area contributed by atoms with Crippen molar-refractivity contribution in [2.45, 2.75) is 4.90 Å². The Hall–Kier alpha value is -1.70. The molecule has 110 valence electrons. The topological polar surface area (TPSA) is 72.2 Å². The van der Waals surface area contributed by atoms with Crippen LogP contribution in [-0.4, -0.2) is 13.4 Å². The van der Waals surface area contributed by atoms with E-state index in [0.717, 1.165) is 6.07 Å². The zero-order valence-corrected chi connectivity index (χ0v) is 12.9. The number of sulfonamides is 1. The molecule has 0 saturated heterocycles. The number of thiocarbonyl (C=S) groups is 1. The van der Waals surface area contributed by atoms with Gasteiger partial charge in [-0.3, -0.25) is 4.72 Å². The highest BCUT2D eigenvalue weighted by molar-refractivity contribution is 7.92. The quantitative estimate of drug-likeness (QED) is 0.836. The smallest absolute Gasteiger partial charge is 0.263 e. The largest absolute Gasteiger partial charge is 0.389 e. The van der Waals surface area contributed by atoms with Crippen molar-refractivity contribution < 1.29 is 12.8 Å². The second-order valence-electron chi connectivity index (χ2n) is 4.09. The summed E-state index contributed by atoms with van der Waals surface area (Å²) in [5, 5.41) is -0.0517. The molecule has 0 bridgehead atoms. The number of para-hydroxylation sites is 1. The number of nitrogens with one attached hydrogen (secondary N) is 1. The average molecular weight is 345 g/mol. The standard InChI is InChI=1S/C13H10ClFN2O2S2/c14-9-7-8(13(16)20)5-6-12(9)21(18,19)17-11-4-2-1-3-10(11)15/h1-7,17H,(H2,16,20). The van der Waals surface area contributed by atoms with Crippen molar-refractivity contribution >= 4 is 44.5 Å². The van der Waals surface area contributed by atoms with E-state index in [-0.39, 0.29) is 20.6 Å². The lowest BCUT2D eigenvalue weighted by atomic mass is 10.2. The van der Waals surface area contributed by atoms with Crippen LogP contribution in [0.5, 0.6) is 0 Å². The summed E-state index contributed by atoms with van der Waals surface area (Å²) in [6, 6.07) is 9.47. The number of rotatable bonds is 4. The molecule has 0 fully saturated rings. The normalized spacial score (nSPS) is 11.1. The fourth-order valence-corrected chi connectivity index (χ4v) is 3.36. The monoisotopic (exact) mass is 344 g/mol. The third-order valence-electron chi connectivity index (χ3n) is 2.62. The molecule has 0 spiro atoms. The van der Waals surface area contributed by atoms with E-state index < -0.39 is 15.8 Å². The molecule has 0 aliphatic rings. The number of anilines is 1. The molecule has 0 saturated carbocycles. The van der Waals surface area contributed by atoms with Gasteiger partial charge in [-0.2, -0.15) is 0 Å². The van der Waals surface area contributed by atoms with Crippen molar-refractivity contribution in [3.05, 3.63) is 58.9 Å². The van der Waals surface area contributed by atoms with Crippen LogP contribution in [0.25, 0.3) is 0 Å². The molecule has 0 heterocycles. The summed E-state index contributed by atoms with van der Waals surface area (Å²) < 4.78 is 40.1. The second-order valence-corrected chi connectivity index (χ2v) is 6.59. The van der Waals surface area contributed by atoms with E-state index in [4.69, 9.17) is 29.6 Å². The van der Waals surface area contributed by atoms with Crippen molar-refractivity contribution in [1.82, 2.24) is 0 Å². The van der Waals surface area contributed by atoms with Crippen LogP contribution in [0.15, 0.2) is 47.4 Å². The third-order valence-corrected chi connectivity index (χ3v) is 4.71. The first kappa shape index (κ1) is 15.7. The SMILES string of the molecule is NC(=S)c1ccc(S(=O)(=O)Nc2ccccc2F)c(Cl)c1. The first-order chi connectivity index (χ1) is 9.81. The summed E-state index contributed by atoms with van der Waals surface area (Å²) >= 11 is 10.7. The summed E-state index contributed by atoms with van der Waals surface area (Å²) in [6.07, 6.45) is 0. The third kappa shape index (κ3) is 3.49. The highest BCUT2D eigenvalue weighted by Gasteiger charge is 2.20. The van der Waals surface area contributed by atoms with E-state index in [1.807, 2.05) is 0 Å². The van der Waals surface area contributed by atoms with E-state index in [2.05, 4.69) is 4.72 Å². The van der Waals surface area contributed by atoms with Gasteiger partial charge in [0, 0.05) is 5.56 Å². The van der Waals surface area contributed by atoms with Crippen LogP contribution >= 0.6 is 23.8 Å². The Bertz CT molecular complexity index is 810. The van der Waals surface area contributed by atoms with Crippen LogP contribution < -0.4 is 10.5 Å². The molecule has 3 N–H and O–H groups in total. The van der Waals surface area contributed by atoms with Gasteiger partial charge >= 0.3 is 0 Å². The van der Waals surface area contributed by atoms with Crippen molar-refractivity contribution in [2.24, 2.45) is 5.73 Å². The fourth-order valence-electron chi connectivity index (χ4n) is 1.62. The molecule has 0 aromatic heterocycles. The molecule has 2 aromatic carbocycles. The molecule has 4 nitrogen and oxygen atoms in total. The van der Waals surface area contributed by atoms with Gasteiger partial charge in [0.25, 0.3) is 10.0 Å². The molecular formula is C13H10ClFN2O2S2. The molecular weight excluding hydrogens is 335 g/mol. The number of benzene rings is 2. The number of hydrogen-bond acceptors (Lipinski definition) is 3. The molecule has 2 rings (SSSR count). The zero-order chi connectivity index (χ0) is 15.6. The van der Waals surface area contributed by atoms with E-state index in [0.29, 0.717) is 5.56 Å². The number of halogens is 2. The number of hydrogen-bond donors (Lipinski definition) is 2. The van der Waals surface area contributed by atoms with Crippen molar-refractivity contribution in [2.75, 3.05) is 4.72 Å². The first-order valence-corrected chi connectivity index (χ1v) is 7.95. The summed E-state index contributed by atoms with van der Waals surface area (Å²) in [5.41, 5.74) is 5.73. The predicted octanol–water partition coefficient (Wildman–Crippen LogP) is 2.91. The molecule has 8 heteroatoms. The number of nitrogens with two attached hydrogens (primary N) is 1. The van der Waals surface area contributed by atoms with Gasteiger partial charge in [-0.25, -0.2) is 12.8 Å². The Labute approximate surface area is 131 Å². The Balaban J connectivity index is 2.41. The van der Waals surface area contributed by atoms with Crippen molar-refractivity contribution in [3.63, 3.8) is 0 Å². The van der Waals surface area contributed by atoms with Gasteiger partial charge in [0.2, 0.25) is 0 Å². The molecule has 0 atom stereocenters. The Morgan fingerprint density at radius 1 is 1.24 bits per heavy atom. The fraction of sp³-hybridized carbons (Fsp3) is 0. The van der Waals surface area contributed by atoms with E-state index >= 15 is 0 Å². The van der Waals surface area contributed by atoms with E-state index in [9.17, 15) is 12.8 Å². The highest BCUT2D eigenvalue weighted by Crippen LogP contribution is 2.25. The van der Waals surface area contributed by atoms with Crippen molar-refractivity contribution in [1.29, 1.82) is 0 Å². The van der Waals surface area contributed by atoms with E-state index in [1.54, 1.807) is 0 Å². The lowest BCUT2D eigenvalue weighted by Crippen LogP contribution is -2.15. The van der Waals surface area contributed by atoms with E-state index in [1.165, 1.54) is 36.4 Å². The minimum Gasteiger partial charge on any atom is -0.389 e. The molecule has 0 aliphatic carbocycles. The lowest BCUT2D eigenvalue weighted by molar-refractivity contribution is 0.598. The molecule has 2 aromatic rings. The van der Waals surface area contributed by atoms with Crippen LogP contribution in [-0.2, 0) is 10.0 Å². The molecule has 21 heavy (non-hydrogen) atoms. The molecule has 0 aliphatic heterocycles. The Morgan fingerprint density at radius 2 is 1.90 bits per heavy atom. The van der Waals surface area contributed by atoms with Gasteiger partial charge in [-0.1, -0.05) is 42.0 Å². The van der Waals surface area contributed by atoms with Gasteiger partial charge in [0.1, 0.15) is 15.7 Å². The maximum Gasteiger partial charge on any atom is 0.263 e. The molecule has 0 unspecified atom stereocenters. The second kappa shape index (κ2) is 5.97. The van der Waals surface area contributed by atoms with Crippen LogP contribution in [0, 0.1) is 5.82 Å². The van der Waals surface area contributed by atoms with Crippen LogP contribution in [0.2, 0.25) is 5.02 Å². The lowest BCUT2D eigenvalue weighted by Gasteiger charge is -2.11. The van der Waals surface area contributed by atoms with Crippen LogP contribution in [0.4, 0.5) is 10.1 Å². The first-order valence-electron chi connectivity index (χ1n) is 5.68. The minimum absolute atomic E-state index is 0.0517. The van der Waals surface area contributed by atoms with Gasteiger partial charge in [-0.05, 0) is 24.3 Å². The van der Waals surface area contributed by atoms with Gasteiger partial charge in [0.15, 0.2) is 0 Å². The minimum atomic E-state index is -4.01. The van der Waals surface area contributed by atoms with Crippen LogP contribution in [0.3, 0.4) is 0 Å². The molecule has 0 amide bonds. The Kier molecular flexibility index (Phi) is 4.46. The summed E-state index contributed by atoms with van der Waals surface area (Å²) in [5.74, 6) is -0.683. The predicted molar refractivity (Wildman–Crippen MR) is 84.5 cm³/mol. The van der Waals surface area contributed by atoms with Gasteiger partial charge in [-0.15, -0.1) is 0 Å². The maximum absolute atomic E-state index is 13.5. The summed E-state index contributed by atoms with van der Waals surface area (Å²) in [6.45, 7) is 0. The zero-order valence-electron chi connectivity index (χ0n) is 10.5. The van der Waals surface area contributed by atoms with Crippen molar-refractivity contribution in [3.8, 4) is 0 Å².